The Kier molecular flexibility index (Phi) is 3.48. The number of hydrogen-bond donors (Lipinski definition) is 0. The molecule has 0 aromatic rings. The van der Waals surface area contributed by atoms with Gasteiger partial charge in [0.25, 0.3) is 0 Å². The van der Waals surface area contributed by atoms with Crippen LogP contribution in [0, 0.1) is 0 Å². The molecule has 15 heavy (non-hydrogen) atoms. The Bertz CT molecular complexity index is 427. The van der Waals surface area contributed by atoms with Crippen molar-refractivity contribution in [3.63, 3.8) is 0 Å². The van der Waals surface area contributed by atoms with Crippen LogP contribution in [0.2, 0.25) is 0 Å². The van der Waals surface area contributed by atoms with E-state index >= 15 is 0 Å². The van der Waals surface area contributed by atoms with Crippen molar-refractivity contribution in [2.75, 3.05) is 11.5 Å². The maximum Gasteiger partial charge on any atom is 0.206 e. The van der Waals surface area contributed by atoms with E-state index in [0.29, 0.717) is 6.42 Å². The van der Waals surface area contributed by atoms with Gasteiger partial charge in [-0.1, -0.05) is 0 Å². The van der Waals surface area contributed by atoms with Crippen molar-refractivity contribution in [2.45, 2.75) is 37.2 Å². The summed E-state index contributed by atoms with van der Waals surface area (Å²) in [5.74, 6) is 0.108. The van der Waals surface area contributed by atoms with Crippen molar-refractivity contribution < 1.29 is 16.8 Å². The van der Waals surface area contributed by atoms with Crippen LogP contribution in [-0.2, 0) is 18.7 Å². The first-order chi connectivity index (χ1) is 6.54. The van der Waals surface area contributed by atoms with Crippen LogP contribution in [0.4, 0.5) is 0 Å². The third-order valence-electron chi connectivity index (χ3n) is 2.20. The van der Waals surface area contributed by atoms with Gasteiger partial charge >= 0.3 is 0 Å². The van der Waals surface area contributed by atoms with Crippen molar-refractivity contribution in [1.82, 2.24) is 0 Å². The number of hydrogen-bond acceptors (Lipinski definition) is 5. The highest BCUT2D eigenvalue weighted by Gasteiger charge is 2.37. The number of sulfone groups is 1. The zero-order valence-corrected chi connectivity index (χ0v) is 11.5. The predicted octanol–water partition coefficient (Wildman–Crippen LogP) is 1.04. The third-order valence-corrected chi connectivity index (χ3v) is 9.69. The summed E-state index contributed by atoms with van der Waals surface area (Å²) in [5, 5.41) is -0.292. The fourth-order valence-corrected chi connectivity index (χ4v) is 7.29. The lowest BCUT2D eigenvalue weighted by atomic mass is 10.3. The number of rotatable bonds is 2. The minimum absolute atomic E-state index is 0.00697. The van der Waals surface area contributed by atoms with Gasteiger partial charge in [0.15, 0.2) is 9.84 Å². The van der Waals surface area contributed by atoms with E-state index in [4.69, 9.17) is 0 Å². The summed E-state index contributed by atoms with van der Waals surface area (Å²) in [6.45, 7) is 4.87. The molecule has 0 aliphatic carbocycles. The molecule has 1 rings (SSSR count). The molecule has 0 saturated carbocycles. The first kappa shape index (κ1) is 13.3. The molecule has 1 atom stereocenters. The fraction of sp³-hybridized carbons (Fsp3) is 1.00. The van der Waals surface area contributed by atoms with Crippen LogP contribution in [0.5, 0.6) is 0 Å². The molecule has 1 heterocycles. The van der Waals surface area contributed by atoms with Crippen LogP contribution >= 0.6 is 10.8 Å². The molecule has 0 aromatic heterocycles. The molecule has 0 radical (unpaired) electrons. The van der Waals surface area contributed by atoms with Crippen LogP contribution < -0.4 is 0 Å². The largest absolute Gasteiger partial charge is 0.229 e. The lowest BCUT2D eigenvalue weighted by Gasteiger charge is -2.20. The van der Waals surface area contributed by atoms with Crippen LogP contribution in [0.3, 0.4) is 0 Å². The normalized spacial score (nSPS) is 26.7. The maximum absolute atomic E-state index is 11.8. The van der Waals surface area contributed by atoms with E-state index in [1.165, 1.54) is 0 Å². The van der Waals surface area contributed by atoms with Crippen molar-refractivity contribution in [1.29, 1.82) is 0 Å². The first-order valence-electron chi connectivity index (χ1n) is 4.67. The Balaban J connectivity index is 2.74. The van der Waals surface area contributed by atoms with E-state index in [9.17, 15) is 16.8 Å². The zero-order chi connectivity index (χ0) is 11.9. The SMILES string of the molecule is CC(C)(C)S(=O)(=O)SC1CCS(=O)(=O)C1. The minimum Gasteiger partial charge on any atom is -0.229 e. The van der Waals surface area contributed by atoms with E-state index in [-0.39, 0.29) is 16.8 Å². The van der Waals surface area contributed by atoms with Crippen molar-refractivity contribution >= 4 is 29.5 Å². The lowest BCUT2D eigenvalue weighted by molar-refractivity contribution is 0.576. The summed E-state index contributed by atoms with van der Waals surface area (Å²) in [5.41, 5.74) is 0. The standard InChI is InChI=1S/C8H16O4S3/c1-8(2,3)15(11,12)13-7-4-5-14(9,10)6-7/h7H,4-6H2,1-3H3. The molecule has 7 heteroatoms. The van der Waals surface area contributed by atoms with Gasteiger partial charge in [-0.15, -0.1) is 0 Å². The predicted molar refractivity (Wildman–Crippen MR) is 63.3 cm³/mol. The molecule has 0 N–H and O–H groups in total. The van der Waals surface area contributed by atoms with Crippen LogP contribution in [-0.4, -0.2) is 38.3 Å². The third kappa shape index (κ3) is 3.35. The summed E-state index contributed by atoms with van der Waals surface area (Å²) in [4.78, 5) is 0. The van der Waals surface area contributed by atoms with Gasteiger partial charge in [-0.25, -0.2) is 16.8 Å². The summed E-state index contributed by atoms with van der Waals surface area (Å²) >= 11 is 0. The molecule has 0 spiro atoms. The zero-order valence-electron chi connectivity index (χ0n) is 9.06. The molecule has 1 aliphatic rings. The van der Waals surface area contributed by atoms with Gasteiger partial charge < -0.3 is 0 Å². The van der Waals surface area contributed by atoms with Crippen LogP contribution in [0.15, 0.2) is 0 Å². The average Bonchev–Trinajstić information content (AvgIpc) is 2.26. The average molecular weight is 272 g/mol. The Hall–Kier alpha value is 0.250. The second kappa shape index (κ2) is 3.92. The molecular formula is C8H16O4S3. The topological polar surface area (TPSA) is 68.3 Å². The highest BCUT2D eigenvalue weighted by Crippen LogP contribution is 2.35. The second-order valence-electron chi connectivity index (χ2n) is 4.69. The molecule has 0 aromatic carbocycles. The van der Waals surface area contributed by atoms with E-state index in [1.54, 1.807) is 20.8 Å². The second-order valence-corrected chi connectivity index (χ2v) is 11.8. The summed E-state index contributed by atoms with van der Waals surface area (Å²) in [6.07, 6.45) is 0.447. The van der Waals surface area contributed by atoms with E-state index in [2.05, 4.69) is 0 Å². The van der Waals surface area contributed by atoms with Gasteiger partial charge in [0.2, 0.25) is 8.87 Å². The van der Waals surface area contributed by atoms with Crippen molar-refractivity contribution in [3.8, 4) is 0 Å². The Labute approximate surface area is 95.1 Å². The Morgan fingerprint density at radius 2 is 1.80 bits per heavy atom. The van der Waals surface area contributed by atoms with E-state index in [1.807, 2.05) is 0 Å². The van der Waals surface area contributed by atoms with Crippen LogP contribution in [0.25, 0.3) is 0 Å². The summed E-state index contributed by atoms with van der Waals surface area (Å²) in [6, 6.07) is 0. The smallest absolute Gasteiger partial charge is 0.206 e. The fourth-order valence-electron chi connectivity index (χ4n) is 1.16. The molecule has 1 fully saturated rings. The highest BCUT2D eigenvalue weighted by atomic mass is 33.1. The monoisotopic (exact) mass is 272 g/mol. The van der Waals surface area contributed by atoms with Gasteiger partial charge in [0, 0.05) is 5.25 Å². The van der Waals surface area contributed by atoms with Gasteiger partial charge in [-0.05, 0) is 38.0 Å². The first-order valence-corrected chi connectivity index (χ1v) is 9.37. The molecule has 0 amide bonds. The van der Waals surface area contributed by atoms with Crippen LogP contribution in [0.1, 0.15) is 27.2 Å². The summed E-state index contributed by atoms with van der Waals surface area (Å²) in [7, 11) is -5.47. The molecule has 0 bridgehead atoms. The Morgan fingerprint density at radius 1 is 1.27 bits per heavy atom. The molecule has 90 valence electrons. The van der Waals surface area contributed by atoms with Gasteiger partial charge in [-0.2, -0.15) is 0 Å². The Morgan fingerprint density at radius 3 is 2.13 bits per heavy atom. The molecule has 4 nitrogen and oxygen atoms in total. The minimum atomic E-state index is -3.28. The van der Waals surface area contributed by atoms with E-state index < -0.39 is 23.5 Å². The quantitative estimate of drug-likeness (QED) is 0.702. The maximum atomic E-state index is 11.8. The van der Waals surface area contributed by atoms with Crippen molar-refractivity contribution in [3.05, 3.63) is 0 Å². The highest BCUT2D eigenvalue weighted by molar-refractivity contribution is 8.72. The van der Waals surface area contributed by atoms with Gasteiger partial charge in [0.1, 0.15) is 0 Å². The summed E-state index contributed by atoms with van der Waals surface area (Å²) < 4.78 is 45.1. The van der Waals surface area contributed by atoms with Crippen molar-refractivity contribution in [2.24, 2.45) is 0 Å². The molecule has 1 aliphatic heterocycles. The van der Waals surface area contributed by atoms with E-state index in [0.717, 1.165) is 10.8 Å². The van der Waals surface area contributed by atoms with Gasteiger partial charge in [0.05, 0.1) is 16.3 Å². The molecule has 1 saturated heterocycles. The molecular weight excluding hydrogens is 256 g/mol. The molecule has 1 unspecified atom stereocenters. The van der Waals surface area contributed by atoms with Gasteiger partial charge in [-0.3, -0.25) is 0 Å². The lowest BCUT2D eigenvalue weighted by Crippen LogP contribution is -2.27.